The number of hydrogen-bond donors (Lipinski definition) is 5. The van der Waals surface area contributed by atoms with Gasteiger partial charge in [0.1, 0.15) is 11.9 Å². The Morgan fingerprint density at radius 3 is 2.41 bits per heavy atom. The molecule has 22 heavy (non-hydrogen) atoms. The average Bonchev–Trinajstić information content (AvgIpc) is 2.51. The molecular formula is C14H20BrNO6. The maximum Gasteiger partial charge on any atom is 0.258 e. The predicted octanol–water partition coefficient (Wildman–Crippen LogP) is -0.591. The Balaban J connectivity index is 2.28. The van der Waals surface area contributed by atoms with Gasteiger partial charge in [-0.05, 0) is 30.7 Å². The van der Waals surface area contributed by atoms with E-state index in [2.05, 4.69) is 21.2 Å². The van der Waals surface area contributed by atoms with E-state index in [1.54, 1.807) is 24.3 Å². The Labute approximate surface area is 136 Å². The van der Waals surface area contributed by atoms with Crippen molar-refractivity contribution in [3.63, 3.8) is 0 Å². The maximum absolute atomic E-state index is 11.6. The van der Waals surface area contributed by atoms with Crippen molar-refractivity contribution in [3.05, 3.63) is 28.7 Å². The highest BCUT2D eigenvalue weighted by molar-refractivity contribution is 9.10. The number of halogens is 1. The fraction of sp³-hybridized carbons (Fsp3) is 0.500. The van der Waals surface area contributed by atoms with E-state index >= 15 is 0 Å². The molecule has 0 aliphatic heterocycles. The molecule has 0 unspecified atom stereocenters. The van der Waals surface area contributed by atoms with Crippen LogP contribution in [0.15, 0.2) is 28.7 Å². The van der Waals surface area contributed by atoms with Crippen molar-refractivity contribution in [2.45, 2.75) is 24.7 Å². The van der Waals surface area contributed by atoms with Gasteiger partial charge in [0.15, 0.2) is 6.61 Å². The summed E-state index contributed by atoms with van der Waals surface area (Å²) >= 11 is 3.28. The minimum Gasteiger partial charge on any atom is -0.484 e. The molecule has 0 aliphatic carbocycles. The van der Waals surface area contributed by atoms with Gasteiger partial charge in [0.05, 0.1) is 12.2 Å². The quantitative estimate of drug-likeness (QED) is 0.392. The molecule has 0 radical (unpaired) electrons. The monoisotopic (exact) mass is 377 g/mol. The van der Waals surface area contributed by atoms with Crippen LogP contribution < -0.4 is 10.1 Å². The van der Waals surface area contributed by atoms with E-state index in [0.29, 0.717) is 5.75 Å². The lowest BCUT2D eigenvalue weighted by atomic mass is 10.1. The van der Waals surface area contributed by atoms with E-state index < -0.39 is 24.2 Å². The molecule has 0 aromatic heterocycles. The number of benzene rings is 1. The van der Waals surface area contributed by atoms with Crippen LogP contribution in [-0.4, -0.2) is 64.4 Å². The number of ether oxygens (including phenoxy) is 1. The van der Waals surface area contributed by atoms with Crippen LogP contribution in [0.5, 0.6) is 5.75 Å². The lowest BCUT2D eigenvalue weighted by Gasteiger charge is -2.22. The Morgan fingerprint density at radius 2 is 1.82 bits per heavy atom. The fourth-order valence-electron chi connectivity index (χ4n) is 1.63. The third-order valence-electron chi connectivity index (χ3n) is 2.91. The number of aliphatic hydroxyl groups is 4. The van der Waals surface area contributed by atoms with Crippen molar-refractivity contribution in [2.75, 3.05) is 19.8 Å². The number of hydrogen-bond acceptors (Lipinski definition) is 6. The number of aliphatic hydroxyl groups excluding tert-OH is 4. The molecule has 8 heteroatoms. The van der Waals surface area contributed by atoms with Crippen LogP contribution in [0.3, 0.4) is 0 Å². The molecule has 0 bridgehead atoms. The third kappa shape index (κ3) is 6.71. The Hall–Kier alpha value is -1.19. The van der Waals surface area contributed by atoms with Crippen LogP contribution in [0.2, 0.25) is 0 Å². The first-order valence-corrected chi connectivity index (χ1v) is 7.53. The highest BCUT2D eigenvalue weighted by atomic mass is 79.9. The summed E-state index contributed by atoms with van der Waals surface area (Å²) < 4.78 is 6.13. The number of carbonyl (C=O) groups is 1. The molecule has 1 aromatic carbocycles. The zero-order chi connectivity index (χ0) is 16.5. The molecule has 3 atom stereocenters. The second kappa shape index (κ2) is 9.75. The lowest BCUT2D eigenvalue weighted by Crippen LogP contribution is -2.45. The summed E-state index contributed by atoms with van der Waals surface area (Å²) in [6, 6.07) is 6.94. The minimum absolute atomic E-state index is 0.0567. The van der Waals surface area contributed by atoms with Gasteiger partial charge in [-0.2, -0.15) is 0 Å². The second-order valence-electron chi connectivity index (χ2n) is 4.68. The van der Waals surface area contributed by atoms with Gasteiger partial charge in [-0.1, -0.05) is 15.9 Å². The summed E-state index contributed by atoms with van der Waals surface area (Å²) in [5.74, 6) is 0.0584. The highest BCUT2D eigenvalue weighted by Crippen LogP contribution is 2.15. The summed E-state index contributed by atoms with van der Waals surface area (Å²) in [6.45, 7) is -0.770. The van der Waals surface area contributed by atoms with E-state index in [0.717, 1.165) is 4.47 Å². The van der Waals surface area contributed by atoms with Crippen LogP contribution in [-0.2, 0) is 4.79 Å². The fourth-order valence-corrected chi connectivity index (χ4v) is 1.89. The van der Waals surface area contributed by atoms with Crippen LogP contribution in [0, 0.1) is 0 Å². The van der Waals surface area contributed by atoms with Crippen molar-refractivity contribution in [1.82, 2.24) is 5.32 Å². The van der Waals surface area contributed by atoms with Gasteiger partial charge < -0.3 is 30.5 Å². The van der Waals surface area contributed by atoms with Gasteiger partial charge >= 0.3 is 0 Å². The topological polar surface area (TPSA) is 119 Å². The van der Waals surface area contributed by atoms with E-state index in [1.165, 1.54) is 0 Å². The Kier molecular flexibility index (Phi) is 8.36. The van der Waals surface area contributed by atoms with Crippen molar-refractivity contribution in [3.8, 4) is 5.75 Å². The Bertz CT molecular complexity index is 455. The normalized spacial score (nSPS) is 15.0. The van der Waals surface area contributed by atoms with Gasteiger partial charge in [-0.3, -0.25) is 4.79 Å². The maximum atomic E-state index is 11.6. The zero-order valence-electron chi connectivity index (χ0n) is 11.9. The number of amides is 1. The van der Waals surface area contributed by atoms with Crippen LogP contribution >= 0.6 is 15.9 Å². The first kappa shape index (κ1) is 18.9. The summed E-state index contributed by atoms with van der Waals surface area (Å²) in [7, 11) is 0. The summed E-state index contributed by atoms with van der Waals surface area (Å²) in [5.41, 5.74) is 0. The molecule has 0 fully saturated rings. The first-order valence-electron chi connectivity index (χ1n) is 6.74. The molecule has 5 N–H and O–H groups in total. The van der Waals surface area contributed by atoms with Gasteiger partial charge in [0.2, 0.25) is 0 Å². The van der Waals surface area contributed by atoms with Crippen LogP contribution in [0.4, 0.5) is 0 Å². The number of rotatable bonds is 9. The van der Waals surface area contributed by atoms with Gasteiger partial charge in [-0.25, -0.2) is 0 Å². The second-order valence-corrected chi connectivity index (χ2v) is 5.60. The molecule has 0 heterocycles. The Morgan fingerprint density at radius 1 is 1.18 bits per heavy atom. The summed E-state index contributed by atoms with van der Waals surface area (Å²) in [6.07, 6.45) is -4.09. The zero-order valence-corrected chi connectivity index (χ0v) is 13.4. The number of carbonyl (C=O) groups excluding carboxylic acids is 1. The van der Waals surface area contributed by atoms with Gasteiger partial charge in [0, 0.05) is 17.6 Å². The molecule has 124 valence electrons. The highest BCUT2D eigenvalue weighted by Gasteiger charge is 2.24. The minimum atomic E-state index is -1.44. The van der Waals surface area contributed by atoms with E-state index in [9.17, 15) is 20.1 Å². The summed E-state index contributed by atoms with van der Waals surface area (Å²) in [5, 5.41) is 39.6. The van der Waals surface area contributed by atoms with Gasteiger partial charge in [0.25, 0.3) is 5.91 Å². The van der Waals surface area contributed by atoms with E-state index in [-0.39, 0.29) is 26.2 Å². The SMILES string of the molecule is O=C(COc1ccc(Br)cc1)NC[C@@H](O)[C@H](O)[C@@H](O)CCO. The smallest absolute Gasteiger partial charge is 0.258 e. The van der Waals surface area contributed by atoms with Crippen LogP contribution in [0.25, 0.3) is 0 Å². The molecule has 1 rings (SSSR count). The van der Waals surface area contributed by atoms with Crippen LogP contribution in [0.1, 0.15) is 6.42 Å². The average molecular weight is 378 g/mol. The molecule has 1 amide bonds. The molecule has 0 saturated heterocycles. The third-order valence-corrected chi connectivity index (χ3v) is 3.43. The number of nitrogens with one attached hydrogen (secondary N) is 1. The predicted molar refractivity (Wildman–Crippen MR) is 82.4 cm³/mol. The molecule has 0 spiro atoms. The summed E-state index contributed by atoms with van der Waals surface area (Å²) in [4.78, 5) is 11.6. The van der Waals surface area contributed by atoms with Crippen molar-refractivity contribution < 1.29 is 30.0 Å². The van der Waals surface area contributed by atoms with Crippen molar-refractivity contribution in [2.24, 2.45) is 0 Å². The van der Waals surface area contributed by atoms with Crippen molar-refractivity contribution >= 4 is 21.8 Å². The van der Waals surface area contributed by atoms with E-state index in [1.807, 2.05) is 0 Å². The molecule has 0 saturated carbocycles. The lowest BCUT2D eigenvalue weighted by molar-refractivity contribution is -0.124. The largest absolute Gasteiger partial charge is 0.484 e. The standard InChI is InChI=1S/C14H20BrNO6/c15-9-1-3-10(4-2-9)22-8-13(20)16-7-12(19)14(21)11(18)5-6-17/h1-4,11-12,14,17-19,21H,5-8H2,(H,16,20)/t11-,12+,14+/m0/s1. The first-order chi connectivity index (χ1) is 10.4. The van der Waals surface area contributed by atoms with Gasteiger partial charge in [-0.15, -0.1) is 0 Å². The molecule has 0 aliphatic rings. The van der Waals surface area contributed by atoms with Crippen molar-refractivity contribution in [1.29, 1.82) is 0 Å². The molecule has 1 aromatic rings. The molecular weight excluding hydrogens is 358 g/mol. The molecule has 7 nitrogen and oxygen atoms in total. The van der Waals surface area contributed by atoms with E-state index in [4.69, 9.17) is 9.84 Å².